The average Bonchev–Trinajstić information content (AvgIpc) is 3.02. The van der Waals surface area contributed by atoms with Crippen molar-refractivity contribution in [2.45, 2.75) is 39.2 Å². The lowest BCUT2D eigenvalue weighted by Crippen LogP contribution is -2.49. The molecule has 6 nitrogen and oxygen atoms in total. The number of halogens is 1. The van der Waals surface area contributed by atoms with E-state index in [0.29, 0.717) is 6.54 Å². The minimum absolute atomic E-state index is 0. The number of nitrogens with one attached hydrogen (secondary N) is 1. The number of benzene rings is 1. The molecule has 1 heterocycles. The molecule has 126 valence electrons. The summed E-state index contributed by atoms with van der Waals surface area (Å²) in [6.07, 6.45) is 3.24. The monoisotopic (exact) mass is 337 g/mol. The maximum absolute atomic E-state index is 12.2. The first kappa shape index (κ1) is 19.1. The lowest BCUT2D eigenvalue weighted by atomic mass is 9.94. The molecule has 1 aromatic heterocycles. The van der Waals surface area contributed by atoms with Crippen molar-refractivity contribution in [3.63, 3.8) is 0 Å². The summed E-state index contributed by atoms with van der Waals surface area (Å²) in [4.78, 5) is 12.2. The molecular weight excluding hydrogens is 314 g/mol. The number of hydrogen-bond donors (Lipinski definition) is 2. The van der Waals surface area contributed by atoms with Gasteiger partial charge >= 0.3 is 0 Å². The Balaban J connectivity index is 0.00000264. The molecule has 7 heteroatoms. The highest BCUT2D eigenvalue weighted by Gasteiger charge is 2.22. The molecular formula is C16H24ClN5O. The van der Waals surface area contributed by atoms with Crippen LogP contribution in [0.25, 0.3) is 5.69 Å². The van der Waals surface area contributed by atoms with Crippen molar-refractivity contribution in [2.24, 2.45) is 5.73 Å². The molecule has 0 unspecified atom stereocenters. The zero-order chi connectivity index (χ0) is 16.2. The fourth-order valence-electron chi connectivity index (χ4n) is 2.11. The maximum Gasteiger partial charge on any atom is 0.273 e. The number of hydrogen-bond acceptors (Lipinski definition) is 4. The van der Waals surface area contributed by atoms with Gasteiger partial charge in [0.2, 0.25) is 0 Å². The van der Waals surface area contributed by atoms with Gasteiger partial charge in [0.25, 0.3) is 5.91 Å². The summed E-state index contributed by atoms with van der Waals surface area (Å²) >= 11 is 0. The predicted octanol–water partition coefficient (Wildman–Crippen LogP) is 2.24. The standard InChI is InChI=1S/C16H23N5O.ClH/c1-4-16(17,5-2)11-18-15(22)14-10-21(20-19-14)13-8-6-7-12(3)9-13;/h6-10H,4-5,11,17H2,1-3H3,(H,18,22);1H. The highest BCUT2D eigenvalue weighted by atomic mass is 35.5. The normalized spacial score (nSPS) is 11.0. The number of aromatic nitrogens is 3. The van der Waals surface area contributed by atoms with E-state index in [1.54, 1.807) is 10.9 Å². The number of nitrogens with zero attached hydrogens (tertiary/aromatic N) is 3. The summed E-state index contributed by atoms with van der Waals surface area (Å²) in [5.74, 6) is -0.254. The first-order chi connectivity index (χ1) is 10.5. The van der Waals surface area contributed by atoms with Gasteiger partial charge < -0.3 is 11.1 Å². The van der Waals surface area contributed by atoms with Crippen molar-refractivity contribution in [1.29, 1.82) is 0 Å². The molecule has 0 fully saturated rings. The van der Waals surface area contributed by atoms with Crippen LogP contribution in [0, 0.1) is 6.92 Å². The van der Waals surface area contributed by atoms with Crippen LogP contribution in [0.3, 0.4) is 0 Å². The summed E-state index contributed by atoms with van der Waals surface area (Å²) in [5.41, 5.74) is 8.09. The third-order valence-electron chi connectivity index (χ3n) is 4.00. The van der Waals surface area contributed by atoms with Crippen molar-refractivity contribution < 1.29 is 4.79 Å². The number of aryl methyl sites for hydroxylation is 1. The first-order valence-electron chi connectivity index (χ1n) is 7.54. The van der Waals surface area contributed by atoms with Gasteiger partial charge in [0.05, 0.1) is 11.9 Å². The molecule has 3 N–H and O–H groups in total. The Morgan fingerprint density at radius 3 is 2.65 bits per heavy atom. The summed E-state index contributed by atoms with van der Waals surface area (Å²) in [7, 11) is 0. The van der Waals surface area contributed by atoms with E-state index in [4.69, 9.17) is 5.73 Å². The van der Waals surface area contributed by atoms with Gasteiger partial charge in [0.1, 0.15) is 0 Å². The molecule has 0 aliphatic heterocycles. The average molecular weight is 338 g/mol. The van der Waals surface area contributed by atoms with Crippen LogP contribution in [0.2, 0.25) is 0 Å². The number of carbonyl (C=O) groups is 1. The Bertz CT molecular complexity index is 651. The van der Waals surface area contributed by atoms with Crippen LogP contribution in [-0.2, 0) is 0 Å². The Morgan fingerprint density at radius 1 is 1.35 bits per heavy atom. The van der Waals surface area contributed by atoms with Gasteiger partial charge in [-0.1, -0.05) is 31.2 Å². The fraction of sp³-hybridized carbons (Fsp3) is 0.438. The number of nitrogens with two attached hydrogens (primary N) is 1. The van der Waals surface area contributed by atoms with Gasteiger partial charge in [0, 0.05) is 12.1 Å². The minimum atomic E-state index is -0.373. The topological polar surface area (TPSA) is 85.8 Å². The van der Waals surface area contributed by atoms with Gasteiger partial charge in [-0.15, -0.1) is 17.5 Å². The maximum atomic E-state index is 12.2. The Kier molecular flexibility index (Phi) is 6.72. The van der Waals surface area contributed by atoms with Crippen LogP contribution in [0.15, 0.2) is 30.5 Å². The molecule has 2 aromatic rings. The molecule has 1 amide bonds. The third kappa shape index (κ3) is 4.77. The van der Waals surface area contributed by atoms with E-state index >= 15 is 0 Å². The van der Waals surface area contributed by atoms with Crippen LogP contribution in [-0.4, -0.2) is 33.0 Å². The second kappa shape index (κ2) is 8.08. The molecule has 0 spiro atoms. The lowest BCUT2D eigenvalue weighted by molar-refractivity contribution is 0.0937. The quantitative estimate of drug-likeness (QED) is 0.846. The molecule has 0 bridgehead atoms. The van der Waals surface area contributed by atoms with Gasteiger partial charge in [-0.05, 0) is 37.5 Å². The van der Waals surface area contributed by atoms with E-state index in [0.717, 1.165) is 24.1 Å². The van der Waals surface area contributed by atoms with Gasteiger partial charge in [-0.3, -0.25) is 4.79 Å². The van der Waals surface area contributed by atoms with E-state index in [2.05, 4.69) is 15.6 Å². The first-order valence-corrected chi connectivity index (χ1v) is 7.54. The minimum Gasteiger partial charge on any atom is -0.349 e. The van der Waals surface area contributed by atoms with Crippen LogP contribution >= 0.6 is 12.4 Å². The van der Waals surface area contributed by atoms with Gasteiger partial charge in [0.15, 0.2) is 5.69 Å². The summed E-state index contributed by atoms with van der Waals surface area (Å²) < 4.78 is 1.59. The smallest absolute Gasteiger partial charge is 0.273 e. The van der Waals surface area contributed by atoms with Crippen molar-refractivity contribution >= 4 is 18.3 Å². The summed E-state index contributed by atoms with van der Waals surface area (Å²) in [6, 6.07) is 7.85. The largest absolute Gasteiger partial charge is 0.349 e. The SMILES string of the molecule is CCC(N)(CC)CNC(=O)c1cn(-c2cccc(C)c2)nn1.Cl. The fourth-order valence-corrected chi connectivity index (χ4v) is 2.11. The summed E-state index contributed by atoms with van der Waals surface area (Å²) in [6.45, 7) is 6.47. The van der Waals surface area contributed by atoms with E-state index in [1.165, 1.54) is 0 Å². The molecule has 0 atom stereocenters. The highest BCUT2D eigenvalue weighted by Crippen LogP contribution is 2.11. The zero-order valence-corrected chi connectivity index (χ0v) is 14.6. The van der Waals surface area contributed by atoms with Crippen molar-refractivity contribution in [2.75, 3.05) is 6.54 Å². The van der Waals surface area contributed by atoms with E-state index in [-0.39, 0.29) is 29.5 Å². The molecule has 0 radical (unpaired) electrons. The van der Waals surface area contributed by atoms with Crippen molar-refractivity contribution in [3.05, 3.63) is 41.7 Å². The molecule has 0 aliphatic rings. The van der Waals surface area contributed by atoms with Crippen LogP contribution in [0.5, 0.6) is 0 Å². The Morgan fingerprint density at radius 2 is 2.04 bits per heavy atom. The van der Waals surface area contributed by atoms with Crippen LogP contribution in [0.1, 0.15) is 42.7 Å². The van der Waals surface area contributed by atoms with Gasteiger partial charge in [-0.25, -0.2) is 4.68 Å². The number of rotatable bonds is 6. The zero-order valence-electron chi connectivity index (χ0n) is 13.7. The second-order valence-electron chi connectivity index (χ2n) is 5.64. The Labute approximate surface area is 142 Å². The molecule has 0 aliphatic carbocycles. The Hall–Kier alpha value is -1.92. The highest BCUT2D eigenvalue weighted by molar-refractivity contribution is 5.92. The van der Waals surface area contributed by atoms with Gasteiger partial charge in [-0.2, -0.15) is 0 Å². The van der Waals surface area contributed by atoms with E-state index < -0.39 is 0 Å². The van der Waals surface area contributed by atoms with E-state index in [1.807, 2.05) is 45.0 Å². The molecule has 0 saturated carbocycles. The van der Waals surface area contributed by atoms with Crippen LogP contribution in [0.4, 0.5) is 0 Å². The lowest BCUT2D eigenvalue weighted by Gasteiger charge is -2.26. The van der Waals surface area contributed by atoms with Crippen molar-refractivity contribution in [1.82, 2.24) is 20.3 Å². The number of amides is 1. The third-order valence-corrected chi connectivity index (χ3v) is 4.00. The number of carbonyl (C=O) groups excluding carboxylic acids is 1. The molecule has 2 rings (SSSR count). The summed E-state index contributed by atoms with van der Waals surface area (Å²) in [5, 5.41) is 10.8. The predicted molar refractivity (Wildman–Crippen MR) is 93.2 cm³/mol. The van der Waals surface area contributed by atoms with Crippen LogP contribution < -0.4 is 11.1 Å². The molecule has 23 heavy (non-hydrogen) atoms. The second-order valence-corrected chi connectivity index (χ2v) is 5.64. The van der Waals surface area contributed by atoms with Crippen molar-refractivity contribution in [3.8, 4) is 5.69 Å². The van der Waals surface area contributed by atoms with E-state index in [9.17, 15) is 4.79 Å². The molecule has 1 aromatic carbocycles. The molecule has 0 saturated heterocycles.